The number of ether oxygens (including phenoxy) is 1. The van der Waals surface area contributed by atoms with Crippen molar-refractivity contribution in [1.29, 1.82) is 0 Å². The number of amides is 1. The minimum Gasteiger partial charge on any atom is -0.381 e. The highest BCUT2D eigenvalue weighted by Gasteiger charge is 2.34. The fourth-order valence-corrected chi connectivity index (χ4v) is 5.97. The van der Waals surface area contributed by atoms with Crippen molar-refractivity contribution in [2.45, 2.75) is 60.7 Å². The van der Waals surface area contributed by atoms with Crippen LogP contribution in [0.25, 0.3) is 0 Å². The average molecular weight is 447 g/mol. The van der Waals surface area contributed by atoms with E-state index in [4.69, 9.17) is 4.74 Å². The van der Waals surface area contributed by atoms with E-state index in [9.17, 15) is 4.79 Å². The van der Waals surface area contributed by atoms with Crippen molar-refractivity contribution in [3.63, 3.8) is 0 Å². The summed E-state index contributed by atoms with van der Waals surface area (Å²) < 4.78 is 6.42. The first-order chi connectivity index (χ1) is 14.7. The number of rotatable bonds is 8. The molecule has 1 saturated carbocycles. The summed E-state index contributed by atoms with van der Waals surface area (Å²) >= 11 is 3.00. The second-order valence-electron chi connectivity index (χ2n) is 8.18. The molecule has 1 aromatic carbocycles. The molecule has 1 aromatic heterocycles. The molecule has 0 bridgehead atoms. The van der Waals surface area contributed by atoms with Gasteiger partial charge in [0.25, 0.3) is 0 Å². The maximum absolute atomic E-state index is 12.5. The molecule has 4 rings (SSSR count). The lowest BCUT2D eigenvalue weighted by Crippen LogP contribution is -2.45. The van der Waals surface area contributed by atoms with Gasteiger partial charge in [-0.25, -0.2) is 0 Å². The number of anilines is 1. The Bertz CT molecular complexity index is 802. The Morgan fingerprint density at radius 2 is 1.90 bits per heavy atom. The average Bonchev–Trinajstić information content (AvgIpc) is 3.25. The lowest BCUT2D eigenvalue weighted by molar-refractivity contribution is -0.119. The smallest absolute Gasteiger partial charge is 0.230 e. The van der Waals surface area contributed by atoms with Gasteiger partial charge in [0.15, 0.2) is 4.34 Å². The van der Waals surface area contributed by atoms with Crippen LogP contribution in [0.3, 0.4) is 0 Å². The van der Waals surface area contributed by atoms with Crippen LogP contribution in [0, 0.1) is 0 Å². The summed E-state index contributed by atoms with van der Waals surface area (Å²) in [4.78, 5) is 12.5. The fourth-order valence-electron chi connectivity index (χ4n) is 4.32. The molecule has 162 valence electrons. The first-order valence-corrected chi connectivity index (χ1v) is 12.7. The van der Waals surface area contributed by atoms with E-state index in [2.05, 4.69) is 45.1 Å². The predicted molar refractivity (Wildman–Crippen MR) is 122 cm³/mol. The van der Waals surface area contributed by atoms with Crippen molar-refractivity contribution >= 4 is 34.1 Å². The zero-order valence-electron chi connectivity index (χ0n) is 17.3. The van der Waals surface area contributed by atoms with Crippen LogP contribution in [-0.2, 0) is 14.9 Å². The number of aromatic nitrogens is 2. The van der Waals surface area contributed by atoms with E-state index in [1.54, 1.807) is 11.3 Å². The number of benzene rings is 1. The Morgan fingerprint density at radius 1 is 1.13 bits per heavy atom. The molecule has 0 spiro atoms. The molecular weight excluding hydrogens is 416 g/mol. The molecule has 2 N–H and O–H groups in total. The third-order valence-corrected chi connectivity index (χ3v) is 8.11. The van der Waals surface area contributed by atoms with Gasteiger partial charge in [0, 0.05) is 31.2 Å². The summed E-state index contributed by atoms with van der Waals surface area (Å²) in [6.45, 7) is 2.12. The molecule has 8 heteroatoms. The topological polar surface area (TPSA) is 76.1 Å². The minimum atomic E-state index is -0.0420. The Labute approximate surface area is 186 Å². The van der Waals surface area contributed by atoms with Crippen LogP contribution < -0.4 is 10.6 Å². The molecule has 0 radical (unpaired) electrons. The summed E-state index contributed by atoms with van der Waals surface area (Å²) in [7, 11) is 0. The highest BCUT2D eigenvalue weighted by molar-refractivity contribution is 8.01. The third kappa shape index (κ3) is 5.74. The standard InChI is InChI=1S/C22H30N4O2S2/c27-19(15-29-21-26-25-20(30-21)24-18-9-5-2-6-10-18)23-16-22(11-13-28-14-12-22)17-7-3-1-4-8-17/h1,3-4,7-8,18H,2,5-6,9-16H2,(H,23,27)(H,24,25). The van der Waals surface area contributed by atoms with Crippen molar-refractivity contribution in [3.8, 4) is 0 Å². The van der Waals surface area contributed by atoms with Crippen LogP contribution in [0.2, 0.25) is 0 Å². The zero-order chi connectivity index (χ0) is 20.7. The monoisotopic (exact) mass is 446 g/mol. The maximum Gasteiger partial charge on any atom is 0.230 e. The summed E-state index contributed by atoms with van der Waals surface area (Å²) in [5.74, 6) is 0.401. The van der Waals surface area contributed by atoms with Crippen molar-refractivity contribution in [1.82, 2.24) is 15.5 Å². The van der Waals surface area contributed by atoms with Crippen molar-refractivity contribution in [2.75, 3.05) is 30.8 Å². The molecular formula is C22H30N4O2S2. The second-order valence-corrected chi connectivity index (χ2v) is 10.4. The van der Waals surface area contributed by atoms with Gasteiger partial charge in [-0.05, 0) is 31.2 Å². The molecule has 2 fully saturated rings. The molecule has 1 aliphatic carbocycles. The Morgan fingerprint density at radius 3 is 2.67 bits per heavy atom. The SMILES string of the molecule is O=C(CSc1nnc(NC2CCCCC2)s1)NCC1(c2ccccc2)CCOCC1. The molecule has 2 aromatic rings. The summed E-state index contributed by atoms with van der Waals surface area (Å²) in [5, 5.41) is 16.0. The van der Waals surface area contributed by atoms with Gasteiger partial charge in [-0.15, -0.1) is 10.2 Å². The van der Waals surface area contributed by atoms with Gasteiger partial charge >= 0.3 is 0 Å². The maximum atomic E-state index is 12.5. The van der Waals surface area contributed by atoms with E-state index in [0.29, 0.717) is 18.3 Å². The van der Waals surface area contributed by atoms with Crippen LogP contribution in [0.4, 0.5) is 5.13 Å². The Balaban J connectivity index is 1.26. The van der Waals surface area contributed by atoms with Gasteiger partial charge in [-0.3, -0.25) is 4.79 Å². The van der Waals surface area contributed by atoms with E-state index in [-0.39, 0.29) is 11.3 Å². The van der Waals surface area contributed by atoms with E-state index in [1.165, 1.54) is 49.4 Å². The van der Waals surface area contributed by atoms with Crippen LogP contribution in [0.5, 0.6) is 0 Å². The number of nitrogens with one attached hydrogen (secondary N) is 2. The van der Waals surface area contributed by atoms with E-state index in [0.717, 1.165) is 35.5 Å². The van der Waals surface area contributed by atoms with Crippen LogP contribution in [0.15, 0.2) is 34.7 Å². The molecule has 1 amide bonds. The number of nitrogens with zero attached hydrogens (tertiary/aromatic N) is 2. The minimum absolute atomic E-state index is 0.0405. The van der Waals surface area contributed by atoms with E-state index in [1.807, 2.05) is 6.07 Å². The van der Waals surface area contributed by atoms with Crippen LogP contribution in [-0.4, -0.2) is 47.7 Å². The fraction of sp³-hybridized carbons (Fsp3) is 0.591. The second kappa shape index (κ2) is 10.6. The number of hydrogen-bond donors (Lipinski definition) is 2. The molecule has 0 atom stereocenters. The van der Waals surface area contributed by atoms with Crippen molar-refractivity contribution < 1.29 is 9.53 Å². The number of hydrogen-bond acceptors (Lipinski definition) is 7. The highest BCUT2D eigenvalue weighted by atomic mass is 32.2. The van der Waals surface area contributed by atoms with Gasteiger partial charge < -0.3 is 15.4 Å². The van der Waals surface area contributed by atoms with Gasteiger partial charge in [0.2, 0.25) is 11.0 Å². The Hall–Kier alpha value is -1.64. The van der Waals surface area contributed by atoms with Gasteiger partial charge in [-0.2, -0.15) is 0 Å². The third-order valence-electron chi connectivity index (χ3n) is 6.13. The van der Waals surface area contributed by atoms with Crippen molar-refractivity contribution in [2.24, 2.45) is 0 Å². The normalized spacial score (nSPS) is 19.3. The Kier molecular flexibility index (Phi) is 7.62. The van der Waals surface area contributed by atoms with Gasteiger partial charge in [-0.1, -0.05) is 72.7 Å². The van der Waals surface area contributed by atoms with Crippen LogP contribution >= 0.6 is 23.1 Å². The zero-order valence-corrected chi connectivity index (χ0v) is 18.9. The first kappa shape index (κ1) is 21.6. The first-order valence-electron chi connectivity index (χ1n) is 10.9. The van der Waals surface area contributed by atoms with Gasteiger partial charge in [0.05, 0.1) is 5.75 Å². The van der Waals surface area contributed by atoms with Gasteiger partial charge in [0.1, 0.15) is 0 Å². The number of carbonyl (C=O) groups is 1. The summed E-state index contributed by atoms with van der Waals surface area (Å²) in [6.07, 6.45) is 8.18. The largest absolute Gasteiger partial charge is 0.381 e. The lowest BCUT2D eigenvalue weighted by Gasteiger charge is -2.38. The number of carbonyl (C=O) groups excluding carboxylic acids is 1. The highest BCUT2D eigenvalue weighted by Crippen LogP contribution is 2.34. The molecule has 1 saturated heterocycles. The molecule has 0 unspecified atom stereocenters. The predicted octanol–water partition coefficient (Wildman–Crippen LogP) is 4.24. The summed E-state index contributed by atoms with van der Waals surface area (Å²) in [5.41, 5.74) is 1.24. The molecule has 1 aliphatic heterocycles. The van der Waals surface area contributed by atoms with E-state index < -0.39 is 0 Å². The molecule has 6 nitrogen and oxygen atoms in total. The van der Waals surface area contributed by atoms with Crippen LogP contribution in [0.1, 0.15) is 50.5 Å². The molecule has 30 heavy (non-hydrogen) atoms. The van der Waals surface area contributed by atoms with E-state index >= 15 is 0 Å². The molecule has 2 aliphatic rings. The quantitative estimate of drug-likeness (QED) is 0.591. The summed E-state index contributed by atoms with van der Waals surface area (Å²) in [6, 6.07) is 11.0. The molecule has 2 heterocycles. The number of thioether (sulfide) groups is 1. The lowest BCUT2D eigenvalue weighted by atomic mass is 9.74. The van der Waals surface area contributed by atoms with Crippen molar-refractivity contribution in [3.05, 3.63) is 35.9 Å².